The molecule has 2 aromatic heterocycles. The van der Waals surface area contributed by atoms with Crippen molar-refractivity contribution in [2.45, 2.75) is 45.7 Å². The zero-order chi connectivity index (χ0) is 19.9. The largest absolute Gasteiger partial charge is 0.329 e. The fourth-order valence-electron chi connectivity index (χ4n) is 3.95. The molecule has 28 heavy (non-hydrogen) atoms. The molecule has 0 N–H and O–H groups in total. The number of aryl methyl sites for hydroxylation is 1. The molecule has 1 saturated heterocycles. The van der Waals surface area contributed by atoms with E-state index in [0.29, 0.717) is 32.7 Å². The van der Waals surface area contributed by atoms with Gasteiger partial charge in [-0.15, -0.1) is 21.5 Å². The first-order valence-corrected chi connectivity index (χ1v) is 12.1. The molecule has 0 saturated carbocycles. The number of sulfonamides is 1. The second-order valence-corrected chi connectivity index (χ2v) is 10.9. The molecule has 152 valence electrons. The molecular weight excluding hydrogens is 398 g/mol. The number of carbonyl (C=O) groups excluding carboxylic acids is 1. The maximum absolute atomic E-state index is 12.7. The van der Waals surface area contributed by atoms with E-state index >= 15 is 0 Å². The Morgan fingerprint density at radius 2 is 2.07 bits per heavy atom. The lowest BCUT2D eigenvalue weighted by Crippen LogP contribution is -2.42. The standard InChI is InChI=1S/C18H25N5O3S2/c1-3-28(25,26)22-8-4-5-14(11-22)17-20-19-16-12-21(9-10-23(16)17)18(24)15-7-6-13(2)27-15/h6-7,14H,3-5,8-12H2,1-2H3. The highest BCUT2D eigenvalue weighted by atomic mass is 32.2. The number of fused-ring (bicyclic) bond motifs is 1. The molecule has 4 rings (SSSR count). The molecule has 1 amide bonds. The van der Waals surface area contributed by atoms with Crippen LogP contribution in [0.25, 0.3) is 0 Å². The van der Waals surface area contributed by atoms with E-state index in [1.165, 1.54) is 11.3 Å². The van der Waals surface area contributed by atoms with Crippen LogP contribution < -0.4 is 0 Å². The predicted molar refractivity (Wildman–Crippen MR) is 107 cm³/mol. The van der Waals surface area contributed by atoms with Crippen molar-refractivity contribution in [2.75, 3.05) is 25.4 Å². The molecule has 2 aromatic rings. The molecule has 1 atom stereocenters. The summed E-state index contributed by atoms with van der Waals surface area (Å²) in [7, 11) is -3.19. The van der Waals surface area contributed by atoms with Gasteiger partial charge in [-0.2, -0.15) is 0 Å². The van der Waals surface area contributed by atoms with E-state index < -0.39 is 10.0 Å². The van der Waals surface area contributed by atoms with Crippen LogP contribution in [0.1, 0.15) is 51.9 Å². The lowest BCUT2D eigenvalue weighted by molar-refractivity contribution is 0.0710. The maximum atomic E-state index is 12.7. The van der Waals surface area contributed by atoms with Crippen LogP contribution in [0.5, 0.6) is 0 Å². The Labute approximate surface area is 169 Å². The number of aromatic nitrogens is 3. The molecule has 2 aliphatic rings. The van der Waals surface area contributed by atoms with Crippen molar-refractivity contribution in [1.29, 1.82) is 0 Å². The Balaban J connectivity index is 1.50. The van der Waals surface area contributed by atoms with Crippen molar-refractivity contribution in [1.82, 2.24) is 24.0 Å². The summed E-state index contributed by atoms with van der Waals surface area (Å²) in [4.78, 5) is 16.4. The fourth-order valence-corrected chi connectivity index (χ4v) is 5.96. The zero-order valence-electron chi connectivity index (χ0n) is 16.2. The number of hydrogen-bond acceptors (Lipinski definition) is 6. The third-order valence-electron chi connectivity index (χ3n) is 5.53. The summed E-state index contributed by atoms with van der Waals surface area (Å²) in [6.45, 7) is 6.40. The molecule has 0 spiro atoms. The zero-order valence-corrected chi connectivity index (χ0v) is 17.8. The monoisotopic (exact) mass is 423 g/mol. The minimum absolute atomic E-state index is 0.0341. The number of carbonyl (C=O) groups is 1. The van der Waals surface area contributed by atoms with Gasteiger partial charge in [0.05, 0.1) is 17.2 Å². The van der Waals surface area contributed by atoms with E-state index in [1.54, 1.807) is 11.2 Å². The number of nitrogens with zero attached hydrogens (tertiary/aromatic N) is 5. The summed E-state index contributed by atoms with van der Waals surface area (Å²) in [5.41, 5.74) is 0. The van der Waals surface area contributed by atoms with Crippen LogP contribution >= 0.6 is 11.3 Å². The quantitative estimate of drug-likeness (QED) is 0.749. The average molecular weight is 424 g/mol. The molecule has 10 heteroatoms. The van der Waals surface area contributed by atoms with Crippen LogP contribution in [0.2, 0.25) is 0 Å². The van der Waals surface area contributed by atoms with Crippen LogP contribution in [0.3, 0.4) is 0 Å². The van der Waals surface area contributed by atoms with E-state index in [-0.39, 0.29) is 17.6 Å². The van der Waals surface area contributed by atoms with E-state index in [2.05, 4.69) is 14.8 Å². The molecule has 0 aromatic carbocycles. The number of hydrogen-bond donors (Lipinski definition) is 0. The van der Waals surface area contributed by atoms with Crippen molar-refractivity contribution in [2.24, 2.45) is 0 Å². The summed E-state index contributed by atoms with van der Waals surface area (Å²) >= 11 is 1.51. The van der Waals surface area contributed by atoms with Gasteiger partial charge in [0.15, 0.2) is 5.82 Å². The Bertz CT molecular complexity index is 981. The first kappa shape index (κ1) is 19.5. The second kappa shape index (κ2) is 7.57. The third kappa shape index (κ3) is 3.60. The third-order valence-corrected chi connectivity index (χ3v) is 8.36. The van der Waals surface area contributed by atoms with Crippen LogP contribution in [-0.2, 0) is 23.1 Å². The minimum atomic E-state index is -3.19. The van der Waals surface area contributed by atoms with E-state index in [1.807, 2.05) is 24.0 Å². The SMILES string of the molecule is CCS(=O)(=O)N1CCCC(c2nnc3n2CCN(C(=O)c2ccc(C)s2)C3)C1. The van der Waals surface area contributed by atoms with Crippen molar-refractivity contribution in [3.05, 3.63) is 33.5 Å². The lowest BCUT2D eigenvalue weighted by Gasteiger charge is -2.33. The van der Waals surface area contributed by atoms with Gasteiger partial charge in [0.1, 0.15) is 5.82 Å². The van der Waals surface area contributed by atoms with Crippen molar-refractivity contribution < 1.29 is 13.2 Å². The number of rotatable bonds is 4. The normalized spacial score (nSPS) is 20.9. The Hall–Kier alpha value is -1.78. The first-order valence-electron chi connectivity index (χ1n) is 9.64. The van der Waals surface area contributed by atoms with Crippen LogP contribution in [0.4, 0.5) is 0 Å². The van der Waals surface area contributed by atoms with Gasteiger partial charge in [-0.1, -0.05) is 0 Å². The van der Waals surface area contributed by atoms with Gasteiger partial charge in [-0.25, -0.2) is 12.7 Å². The van der Waals surface area contributed by atoms with Gasteiger partial charge in [0.25, 0.3) is 5.91 Å². The second-order valence-electron chi connectivity index (χ2n) is 7.36. The Morgan fingerprint density at radius 1 is 1.25 bits per heavy atom. The predicted octanol–water partition coefficient (Wildman–Crippen LogP) is 1.83. The molecule has 2 aliphatic heterocycles. The van der Waals surface area contributed by atoms with E-state index in [0.717, 1.165) is 34.2 Å². The summed E-state index contributed by atoms with van der Waals surface area (Å²) in [5, 5.41) is 8.72. The van der Waals surface area contributed by atoms with Gasteiger partial charge in [-0.05, 0) is 38.8 Å². The van der Waals surface area contributed by atoms with Gasteiger partial charge in [0, 0.05) is 37.0 Å². The molecular formula is C18H25N5O3S2. The van der Waals surface area contributed by atoms with Crippen LogP contribution in [-0.4, -0.2) is 63.7 Å². The van der Waals surface area contributed by atoms with Gasteiger partial charge in [-0.3, -0.25) is 4.79 Å². The maximum Gasteiger partial charge on any atom is 0.264 e. The number of piperidine rings is 1. The number of amides is 1. The van der Waals surface area contributed by atoms with Crippen LogP contribution in [0, 0.1) is 6.92 Å². The molecule has 0 aliphatic carbocycles. The summed E-state index contributed by atoms with van der Waals surface area (Å²) < 4.78 is 28.2. The molecule has 4 heterocycles. The van der Waals surface area contributed by atoms with Crippen molar-refractivity contribution >= 4 is 27.3 Å². The van der Waals surface area contributed by atoms with E-state index in [9.17, 15) is 13.2 Å². The summed E-state index contributed by atoms with van der Waals surface area (Å²) in [5.74, 6) is 1.84. The highest BCUT2D eigenvalue weighted by Crippen LogP contribution is 2.29. The fraction of sp³-hybridized carbons (Fsp3) is 0.611. The smallest absolute Gasteiger partial charge is 0.264 e. The first-order chi connectivity index (χ1) is 13.4. The molecule has 8 nitrogen and oxygen atoms in total. The highest BCUT2D eigenvalue weighted by molar-refractivity contribution is 7.89. The average Bonchev–Trinajstić information content (AvgIpc) is 3.33. The van der Waals surface area contributed by atoms with Crippen molar-refractivity contribution in [3.8, 4) is 0 Å². The Kier molecular flexibility index (Phi) is 5.28. The number of thiophene rings is 1. The van der Waals surface area contributed by atoms with Gasteiger partial charge in [0.2, 0.25) is 10.0 Å². The minimum Gasteiger partial charge on any atom is -0.329 e. The summed E-state index contributed by atoms with van der Waals surface area (Å²) in [6, 6.07) is 3.83. The highest BCUT2D eigenvalue weighted by Gasteiger charge is 2.33. The van der Waals surface area contributed by atoms with Gasteiger partial charge < -0.3 is 9.47 Å². The Morgan fingerprint density at radius 3 is 2.79 bits per heavy atom. The van der Waals surface area contributed by atoms with Crippen LogP contribution in [0.15, 0.2) is 12.1 Å². The van der Waals surface area contributed by atoms with E-state index in [4.69, 9.17) is 0 Å². The molecule has 1 fully saturated rings. The topological polar surface area (TPSA) is 88.4 Å². The van der Waals surface area contributed by atoms with Gasteiger partial charge >= 0.3 is 0 Å². The lowest BCUT2D eigenvalue weighted by atomic mass is 9.98. The molecule has 0 bridgehead atoms. The van der Waals surface area contributed by atoms with Crippen molar-refractivity contribution in [3.63, 3.8) is 0 Å². The molecule has 1 unspecified atom stereocenters. The summed E-state index contributed by atoms with van der Waals surface area (Å²) in [6.07, 6.45) is 1.74. The molecule has 0 radical (unpaired) electrons.